The molecule has 4 heterocycles. The average molecular weight is 498 g/mol. The largest absolute Gasteiger partial charge is 0.496 e. The van der Waals surface area contributed by atoms with Crippen LogP contribution < -0.4 is 14.4 Å². The van der Waals surface area contributed by atoms with Gasteiger partial charge in [-0.3, -0.25) is 4.79 Å². The summed E-state index contributed by atoms with van der Waals surface area (Å²) in [4.78, 5) is 31.7. The highest BCUT2D eigenvalue weighted by molar-refractivity contribution is 5.95. The highest BCUT2D eigenvalue weighted by Gasteiger charge is 2.26. The predicted octanol–water partition coefficient (Wildman–Crippen LogP) is 3.36. The number of aromatic nitrogens is 4. The third kappa shape index (κ3) is 5.76. The molecule has 3 aromatic rings. The predicted molar refractivity (Wildman–Crippen MR) is 136 cm³/mol. The van der Waals surface area contributed by atoms with E-state index in [0.717, 1.165) is 42.7 Å². The molecule has 3 aromatic heterocycles. The first-order valence-electron chi connectivity index (χ1n) is 12.4. The van der Waals surface area contributed by atoms with Gasteiger partial charge in [0.15, 0.2) is 5.78 Å². The number of nitrogens with one attached hydrogen (secondary N) is 1. The number of anilines is 1. The fourth-order valence-corrected chi connectivity index (χ4v) is 4.49. The summed E-state index contributed by atoms with van der Waals surface area (Å²) in [5.74, 6) is 1.55. The van der Waals surface area contributed by atoms with E-state index in [1.165, 1.54) is 5.56 Å². The summed E-state index contributed by atoms with van der Waals surface area (Å²) in [6, 6.07) is 3.78. The summed E-state index contributed by atoms with van der Waals surface area (Å²) < 4.78 is 16.6. The van der Waals surface area contributed by atoms with E-state index < -0.39 is 0 Å². The number of methoxy groups -OCH3 is 2. The van der Waals surface area contributed by atoms with Crippen molar-refractivity contribution in [3.63, 3.8) is 0 Å². The molecule has 194 valence electrons. The van der Waals surface area contributed by atoms with Gasteiger partial charge in [-0.2, -0.15) is 9.97 Å². The van der Waals surface area contributed by atoms with E-state index in [0.29, 0.717) is 17.4 Å². The second-order valence-electron chi connectivity index (χ2n) is 9.41. The number of ether oxygens (including phenoxy) is 3. The van der Waals surface area contributed by atoms with Crippen LogP contribution in [-0.2, 0) is 4.74 Å². The molecule has 2 atom stereocenters. The SMILES string of the molecule is COc1ccnc2[nH]cc(C3CCN(c4cc(C(=O)C[C@H](C)CO)nc(OC[C@@H](C)OC)n4)CC3)c12. The highest BCUT2D eigenvalue weighted by Crippen LogP contribution is 2.37. The Bertz CT molecular complexity index is 1170. The fraction of sp³-hybridized carbons (Fsp3) is 0.538. The summed E-state index contributed by atoms with van der Waals surface area (Å²) in [5.41, 5.74) is 2.34. The van der Waals surface area contributed by atoms with Crippen LogP contribution >= 0.6 is 0 Å². The summed E-state index contributed by atoms with van der Waals surface area (Å²) >= 11 is 0. The molecule has 1 aliphatic heterocycles. The van der Waals surface area contributed by atoms with Gasteiger partial charge in [0, 0.05) is 51.7 Å². The zero-order valence-corrected chi connectivity index (χ0v) is 21.4. The maximum Gasteiger partial charge on any atom is 0.319 e. The Balaban J connectivity index is 1.53. The number of ketones is 1. The van der Waals surface area contributed by atoms with Crippen molar-refractivity contribution in [2.24, 2.45) is 5.92 Å². The molecular weight excluding hydrogens is 462 g/mol. The zero-order chi connectivity index (χ0) is 25.7. The second-order valence-corrected chi connectivity index (χ2v) is 9.41. The van der Waals surface area contributed by atoms with Crippen molar-refractivity contribution in [1.29, 1.82) is 0 Å². The van der Waals surface area contributed by atoms with E-state index in [4.69, 9.17) is 14.2 Å². The molecule has 0 aliphatic carbocycles. The second kappa shape index (κ2) is 11.7. The fourth-order valence-electron chi connectivity index (χ4n) is 4.49. The number of fused-ring (bicyclic) bond motifs is 1. The lowest BCUT2D eigenvalue weighted by Gasteiger charge is -2.33. The number of aliphatic hydroxyl groups excluding tert-OH is 1. The summed E-state index contributed by atoms with van der Waals surface area (Å²) in [7, 11) is 3.29. The summed E-state index contributed by atoms with van der Waals surface area (Å²) in [5, 5.41) is 10.4. The number of hydrogen-bond acceptors (Lipinski definition) is 9. The number of nitrogens with zero attached hydrogens (tertiary/aromatic N) is 4. The van der Waals surface area contributed by atoms with Gasteiger partial charge in [-0.05, 0) is 43.2 Å². The number of H-pyrrole nitrogens is 1. The number of aromatic amines is 1. The van der Waals surface area contributed by atoms with Gasteiger partial charge in [-0.1, -0.05) is 6.92 Å². The van der Waals surface area contributed by atoms with Crippen molar-refractivity contribution in [3.8, 4) is 11.8 Å². The van der Waals surface area contributed by atoms with E-state index in [1.54, 1.807) is 26.5 Å². The number of rotatable bonds is 11. The van der Waals surface area contributed by atoms with Gasteiger partial charge >= 0.3 is 6.01 Å². The zero-order valence-electron chi connectivity index (χ0n) is 21.4. The quantitative estimate of drug-likeness (QED) is 0.384. The van der Waals surface area contributed by atoms with Gasteiger partial charge < -0.3 is 29.2 Å². The lowest BCUT2D eigenvalue weighted by molar-refractivity contribution is 0.0678. The normalized spacial score (nSPS) is 16.2. The Morgan fingerprint density at radius 3 is 2.72 bits per heavy atom. The molecule has 1 aliphatic rings. The number of aliphatic hydroxyl groups is 1. The van der Waals surface area contributed by atoms with E-state index >= 15 is 0 Å². The van der Waals surface area contributed by atoms with Crippen molar-refractivity contribution >= 4 is 22.6 Å². The van der Waals surface area contributed by atoms with Crippen molar-refractivity contribution in [2.75, 3.05) is 45.4 Å². The first kappa shape index (κ1) is 25.8. The van der Waals surface area contributed by atoms with Crippen LogP contribution in [0.25, 0.3) is 11.0 Å². The molecular formula is C26H35N5O5. The first-order valence-corrected chi connectivity index (χ1v) is 12.4. The highest BCUT2D eigenvalue weighted by atomic mass is 16.5. The number of Topliss-reactive ketones (excluding diaryl/α,β-unsaturated/α-hetero) is 1. The Labute approximate surface area is 211 Å². The van der Waals surface area contributed by atoms with Crippen molar-refractivity contribution < 1.29 is 24.1 Å². The van der Waals surface area contributed by atoms with Crippen molar-refractivity contribution in [1.82, 2.24) is 19.9 Å². The number of carbonyl (C=O) groups excluding carboxylic acids is 1. The maximum absolute atomic E-state index is 12.9. The molecule has 10 heteroatoms. The van der Waals surface area contributed by atoms with E-state index in [2.05, 4.69) is 24.8 Å². The van der Waals surface area contributed by atoms with Crippen LogP contribution in [0.5, 0.6) is 11.8 Å². The minimum Gasteiger partial charge on any atom is -0.496 e. The molecule has 0 radical (unpaired) electrons. The van der Waals surface area contributed by atoms with Crippen LogP contribution in [0.4, 0.5) is 5.82 Å². The van der Waals surface area contributed by atoms with Crippen LogP contribution in [0.1, 0.15) is 55.1 Å². The summed E-state index contributed by atoms with van der Waals surface area (Å²) in [6.07, 6.45) is 5.68. The number of carbonyl (C=O) groups is 1. The smallest absolute Gasteiger partial charge is 0.319 e. The molecule has 0 bridgehead atoms. The monoisotopic (exact) mass is 497 g/mol. The first-order chi connectivity index (χ1) is 17.4. The molecule has 0 amide bonds. The number of hydrogen-bond donors (Lipinski definition) is 2. The molecule has 2 N–H and O–H groups in total. The Hall–Kier alpha value is -3.24. The molecule has 1 fully saturated rings. The third-order valence-electron chi connectivity index (χ3n) is 6.72. The van der Waals surface area contributed by atoms with Crippen LogP contribution in [0.2, 0.25) is 0 Å². The van der Waals surface area contributed by atoms with Crippen molar-refractivity contribution in [2.45, 2.75) is 45.1 Å². The molecule has 4 rings (SSSR count). The Morgan fingerprint density at radius 1 is 1.25 bits per heavy atom. The van der Waals surface area contributed by atoms with E-state index in [9.17, 15) is 9.90 Å². The molecule has 0 spiro atoms. The molecule has 0 saturated carbocycles. The van der Waals surface area contributed by atoms with Gasteiger partial charge in [-0.25, -0.2) is 4.98 Å². The minimum atomic E-state index is -0.146. The van der Waals surface area contributed by atoms with Gasteiger partial charge in [0.05, 0.1) is 18.6 Å². The average Bonchev–Trinajstić information content (AvgIpc) is 3.36. The van der Waals surface area contributed by atoms with E-state index in [1.807, 2.05) is 26.1 Å². The van der Waals surface area contributed by atoms with E-state index in [-0.39, 0.29) is 43.5 Å². The van der Waals surface area contributed by atoms with Gasteiger partial charge in [0.1, 0.15) is 29.5 Å². The number of piperidine rings is 1. The van der Waals surface area contributed by atoms with Gasteiger partial charge in [0.2, 0.25) is 0 Å². The van der Waals surface area contributed by atoms with Crippen LogP contribution in [0.15, 0.2) is 24.5 Å². The molecule has 0 aromatic carbocycles. The molecule has 36 heavy (non-hydrogen) atoms. The lowest BCUT2D eigenvalue weighted by atomic mass is 9.89. The third-order valence-corrected chi connectivity index (χ3v) is 6.72. The molecule has 0 unspecified atom stereocenters. The van der Waals surface area contributed by atoms with Crippen LogP contribution in [0.3, 0.4) is 0 Å². The molecule has 10 nitrogen and oxygen atoms in total. The Morgan fingerprint density at radius 2 is 2.03 bits per heavy atom. The lowest BCUT2D eigenvalue weighted by Crippen LogP contribution is -2.34. The standard InChI is InChI=1S/C26H35N5O5/c1-16(14-32)11-21(33)20-12-23(30-26(29-20)36-15-17(2)34-3)31-9-6-18(7-10-31)19-13-28-25-24(19)22(35-4)5-8-27-25/h5,8,12-13,16-18,32H,6-7,9-11,14-15H2,1-4H3,(H,27,28)/t16-,17+/m0/s1. The topological polar surface area (TPSA) is 123 Å². The minimum absolute atomic E-state index is 0.0555. The van der Waals surface area contributed by atoms with Crippen LogP contribution in [-0.4, -0.2) is 77.5 Å². The van der Waals surface area contributed by atoms with Gasteiger partial charge in [-0.15, -0.1) is 0 Å². The van der Waals surface area contributed by atoms with Crippen LogP contribution in [0, 0.1) is 5.92 Å². The maximum atomic E-state index is 12.9. The van der Waals surface area contributed by atoms with Gasteiger partial charge in [0.25, 0.3) is 0 Å². The summed E-state index contributed by atoms with van der Waals surface area (Å²) in [6.45, 7) is 5.48. The molecule has 1 saturated heterocycles. The van der Waals surface area contributed by atoms with Crippen molar-refractivity contribution in [3.05, 3.63) is 35.8 Å². The number of pyridine rings is 1. The Kier molecular flexibility index (Phi) is 8.37.